The van der Waals surface area contributed by atoms with Crippen LogP contribution in [0.3, 0.4) is 0 Å². The van der Waals surface area contributed by atoms with Crippen molar-refractivity contribution in [3.8, 4) is 17.6 Å². The zero-order valence-corrected chi connectivity index (χ0v) is 22.0. The van der Waals surface area contributed by atoms with Crippen LogP contribution in [-0.2, 0) is 11.2 Å². The van der Waals surface area contributed by atoms with Gasteiger partial charge >= 0.3 is 29.6 Å². The molecule has 0 saturated heterocycles. The molecule has 0 fully saturated rings. The summed E-state index contributed by atoms with van der Waals surface area (Å²) in [6.07, 6.45) is 0.00957. The largest absolute Gasteiger partial charge is 1.00 e. The molecule has 3 aromatic carbocycles. The number of carbonyl (C=O) groups is 2. The van der Waals surface area contributed by atoms with E-state index in [2.05, 4.69) is 8.75 Å². The summed E-state index contributed by atoms with van der Waals surface area (Å²) in [5, 5.41) is 21.5. The van der Waals surface area contributed by atoms with Gasteiger partial charge in [-0.25, -0.2) is 0 Å². The van der Waals surface area contributed by atoms with Crippen LogP contribution in [0.15, 0.2) is 66.2 Å². The first-order valence-corrected chi connectivity index (χ1v) is 11.4. The van der Waals surface area contributed by atoms with Gasteiger partial charge in [0.25, 0.3) is 0 Å². The second-order valence-corrected chi connectivity index (χ2v) is 8.31. The minimum atomic E-state index is -1.48. The Morgan fingerprint density at radius 1 is 0.917 bits per heavy atom. The summed E-state index contributed by atoms with van der Waals surface area (Å²) in [5.41, 5.74) is 2.63. The molecule has 8 nitrogen and oxygen atoms in total. The van der Waals surface area contributed by atoms with E-state index in [0.29, 0.717) is 52.4 Å². The molecule has 10 heteroatoms. The van der Waals surface area contributed by atoms with Crippen molar-refractivity contribution in [2.45, 2.75) is 6.42 Å². The molecule has 0 atom stereocenters. The van der Waals surface area contributed by atoms with Gasteiger partial charge in [0.2, 0.25) is 0 Å². The molecule has 0 saturated carbocycles. The fourth-order valence-corrected chi connectivity index (χ4v) is 4.41. The first-order chi connectivity index (χ1) is 17.0. The zero-order chi connectivity index (χ0) is 24.4. The van der Waals surface area contributed by atoms with Gasteiger partial charge in [0.05, 0.1) is 29.3 Å². The predicted molar refractivity (Wildman–Crippen MR) is 126 cm³/mol. The molecule has 0 aliphatic carbocycles. The van der Waals surface area contributed by atoms with Crippen molar-refractivity contribution in [3.63, 3.8) is 0 Å². The Bertz CT molecular complexity index is 1540. The molecule has 4 aromatic rings. The summed E-state index contributed by atoms with van der Waals surface area (Å²) < 4.78 is 19.5. The van der Waals surface area contributed by atoms with Gasteiger partial charge in [-0.1, -0.05) is 18.2 Å². The molecule has 172 valence electrons. The quantitative estimate of drug-likeness (QED) is 0.203. The maximum Gasteiger partial charge on any atom is 1.00 e. The zero-order valence-electron chi connectivity index (χ0n) is 19.2. The monoisotopic (exact) mass is 505 g/mol. The number of hydrogen-bond donors (Lipinski definition) is 0. The number of hydrogen-bond acceptors (Lipinski definition) is 9. The predicted octanol–water partition coefficient (Wildman–Crippen LogP) is -0.0327. The van der Waals surface area contributed by atoms with Crippen molar-refractivity contribution in [2.75, 3.05) is 13.2 Å². The fourth-order valence-electron chi connectivity index (χ4n) is 3.90. The van der Waals surface area contributed by atoms with Gasteiger partial charge in [-0.05, 0) is 53.6 Å². The molecule has 36 heavy (non-hydrogen) atoms. The smallest absolute Gasteiger partial charge is 0.545 e. The number of Topliss-reactive ketones (excluding diaryl/α,β-unsaturated/α-hetero) is 1. The van der Waals surface area contributed by atoms with Crippen LogP contribution >= 0.6 is 11.7 Å². The van der Waals surface area contributed by atoms with Crippen LogP contribution in [0.25, 0.3) is 16.6 Å². The molecule has 1 aliphatic heterocycles. The summed E-state index contributed by atoms with van der Waals surface area (Å²) in [7, 11) is 0. The summed E-state index contributed by atoms with van der Waals surface area (Å²) >= 11 is 1.01. The Morgan fingerprint density at radius 3 is 2.33 bits per heavy atom. The summed E-state index contributed by atoms with van der Waals surface area (Å²) in [4.78, 5) is 26.2. The van der Waals surface area contributed by atoms with Crippen molar-refractivity contribution < 1.29 is 53.7 Å². The normalized spacial score (nSPS) is 12.8. The molecule has 0 N–H and O–H groups in total. The molecule has 0 bridgehead atoms. The van der Waals surface area contributed by atoms with Crippen molar-refractivity contribution in [1.82, 2.24) is 8.75 Å². The number of fused-ring (bicyclic) bond motifs is 2. The number of ketones is 1. The molecule has 0 unspecified atom stereocenters. The molecule has 1 aliphatic rings. The van der Waals surface area contributed by atoms with Crippen LogP contribution in [0.5, 0.6) is 11.5 Å². The van der Waals surface area contributed by atoms with Gasteiger partial charge in [-0.15, -0.1) is 0 Å². The van der Waals surface area contributed by atoms with Crippen molar-refractivity contribution in [1.29, 1.82) is 5.26 Å². The van der Waals surface area contributed by atoms with Gasteiger partial charge in [0, 0.05) is 23.1 Å². The van der Waals surface area contributed by atoms with E-state index in [0.717, 1.165) is 11.7 Å². The first kappa shape index (κ1) is 25.5. The number of benzene rings is 3. The van der Waals surface area contributed by atoms with Crippen LogP contribution in [0, 0.1) is 11.3 Å². The van der Waals surface area contributed by atoms with E-state index >= 15 is 0 Å². The summed E-state index contributed by atoms with van der Waals surface area (Å²) in [6.45, 7) is 0.761. The maximum absolute atomic E-state index is 13.8. The van der Waals surface area contributed by atoms with Gasteiger partial charge in [0.15, 0.2) is 17.3 Å². The Balaban J connectivity index is 0.00000304. The van der Waals surface area contributed by atoms with Crippen LogP contribution in [-0.4, -0.2) is 33.7 Å². The summed E-state index contributed by atoms with van der Waals surface area (Å²) in [5.74, 6) is -1.03. The summed E-state index contributed by atoms with van der Waals surface area (Å²) in [6, 6.07) is 18.3. The third-order valence-corrected chi connectivity index (χ3v) is 6.15. The van der Waals surface area contributed by atoms with E-state index in [4.69, 9.17) is 14.7 Å². The molecular weight excluding hydrogens is 489 g/mol. The molecule has 0 amide bonds. The second kappa shape index (κ2) is 11.0. The number of aromatic nitrogens is 2. The average molecular weight is 505 g/mol. The number of allylic oxidation sites excluding steroid dienone is 1. The third-order valence-electron chi connectivity index (χ3n) is 5.59. The number of carboxylic acid groups (broad SMARTS) is 1. The number of carboxylic acids is 1. The van der Waals surface area contributed by atoms with Crippen LogP contribution in [0.2, 0.25) is 0 Å². The van der Waals surface area contributed by atoms with Gasteiger partial charge in [0.1, 0.15) is 24.2 Å². The number of rotatable bonds is 6. The van der Waals surface area contributed by atoms with E-state index in [1.165, 1.54) is 0 Å². The van der Waals surface area contributed by atoms with Crippen molar-refractivity contribution in [3.05, 3.63) is 88.5 Å². The van der Waals surface area contributed by atoms with Crippen molar-refractivity contribution >= 4 is 40.1 Å². The Hall–Kier alpha value is -3.55. The standard InChI is InChI=1S/C26H17N3O5S.Na/c27-14-16-3-1-15(2-4-16)11-19(25(30)18-6-8-22-23(13-18)34-10-9-33-22)24(26(31)32)17-5-7-20-21(12-17)29-35-28-20;/h1-8,12-13H,9-11H2,(H,31,32);/q;+1/p-1. The minimum Gasteiger partial charge on any atom is -0.545 e. The SMILES string of the molecule is N#Cc1ccc(CC(C(=O)c2ccc3c(c2)OCCO3)=C(C(=O)[O-])c2ccc3nsnc3c2)cc1.[Na+]. The number of nitriles is 1. The van der Waals surface area contributed by atoms with E-state index < -0.39 is 11.8 Å². The molecule has 0 radical (unpaired) electrons. The van der Waals surface area contributed by atoms with Gasteiger partial charge < -0.3 is 19.4 Å². The van der Waals surface area contributed by atoms with Gasteiger partial charge in [-0.3, -0.25) is 4.79 Å². The number of ether oxygens (including phenoxy) is 2. The molecular formula is C26H16N3NaO5S. The van der Waals surface area contributed by atoms with E-state index in [1.54, 1.807) is 60.7 Å². The first-order valence-electron chi connectivity index (χ1n) is 10.6. The van der Waals surface area contributed by atoms with E-state index in [9.17, 15) is 14.7 Å². The van der Waals surface area contributed by atoms with E-state index in [1.807, 2.05) is 6.07 Å². The van der Waals surface area contributed by atoms with Crippen LogP contribution < -0.4 is 44.1 Å². The topological polar surface area (TPSA) is 125 Å². The van der Waals surface area contributed by atoms with Crippen molar-refractivity contribution in [2.24, 2.45) is 0 Å². The Labute approximate surface area is 232 Å². The third kappa shape index (κ3) is 5.17. The van der Waals surface area contributed by atoms with Crippen LogP contribution in [0.1, 0.15) is 27.0 Å². The molecule has 1 aromatic heterocycles. The Morgan fingerprint density at radius 2 is 1.61 bits per heavy atom. The van der Waals surface area contributed by atoms with E-state index in [-0.39, 0.29) is 52.7 Å². The number of aliphatic carboxylic acids is 1. The maximum atomic E-state index is 13.8. The molecule has 0 spiro atoms. The minimum absolute atomic E-state index is 0. The average Bonchev–Trinajstić information content (AvgIpc) is 3.36. The number of nitrogens with zero attached hydrogens (tertiary/aromatic N) is 3. The van der Waals surface area contributed by atoms with Crippen LogP contribution in [0.4, 0.5) is 0 Å². The number of carbonyl (C=O) groups excluding carboxylic acids is 2. The fraction of sp³-hybridized carbons (Fsp3) is 0.115. The second-order valence-electron chi connectivity index (χ2n) is 7.78. The van der Waals surface area contributed by atoms with Gasteiger partial charge in [-0.2, -0.15) is 14.0 Å². The Kier molecular flexibility index (Phi) is 7.82. The molecule has 2 heterocycles. The molecule has 5 rings (SSSR count).